The lowest BCUT2D eigenvalue weighted by molar-refractivity contribution is 0.0958. The summed E-state index contributed by atoms with van der Waals surface area (Å²) < 4.78 is 5.10. The van der Waals surface area contributed by atoms with Crippen molar-refractivity contribution in [2.45, 2.75) is 20.4 Å². The van der Waals surface area contributed by atoms with E-state index in [4.69, 9.17) is 4.52 Å². The zero-order valence-corrected chi connectivity index (χ0v) is 11.2. The molecule has 0 saturated carbocycles. The summed E-state index contributed by atoms with van der Waals surface area (Å²) in [6.45, 7) is 4.37. The summed E-state index contributed by atoms with van der Waals surface area (Å²) in [5, 5.41) is 9.67. The lowest BCUT2D eigenvalue weighted by Gasteiger charge is -2.07. The SMILES string of the molecule is CNC(=O)c1cc(NCc2c(C)noc2C)ccn1. The van der Waals surface area contributed by atoms with Crippen molar-refractivity contribution in [3.8, 4) is 0 Å². The third-order valence-electron chi connectivity index (χ3n) is 2.87. The van der Waals surface area contributed by atoms with Gasteiger partial charge in [-0.15, -0.1) is 0 Å². The molecule has 2 aromatic heterocycles. The molecular formula is C13H16N4O2. The van der Waals surface area contributed by atoms with Gasteiger partial charge in [0.2, 0.25) is 0 Å². The molecule has 0 atom stereocenters. The zero-order chi connectivity index (χ0) is 13.8. The topological polar surface area (TPSA) is 80.0 Å². The van der Waals surface area contributed by atoms with E-state index in [1.807, 2.05) is 19.9 Å². The number of aromatic nitrogens is 2. The maximum Gasteiger partial charge on any atom is 0.269 e. The number of nitrogens with one attached hydrogen (secondary N) is 2. The Labute approximate surface area is 111 Å². The number of carbonyl (C=O) groups excluding carboxylic acids is 1. The van der Waals surface area contributed by atoms with Crippen molar-refractivity contribution in [1.82, 2.24) is 15.5 Å². The van der Waals surface area contributed by atoms with E-state index in [0.717, 1.165) is 22.7 Å². The number of anilines is 1. The van der Waals surface area contributed by atoms with E-state index >= 15 is 0 Å². The zero-order valence-electron chi connectivity index (χ0n) is 11.2. The Balaban J connectivity index is 2.10. The Hall–Kier alpha value is -2.37. The van der Waals surface area contributed by atoms with Crippen LogP contribution in [-0.2, 0) is 6.54 Å². The molecule has 2 aromatic rings. The molecule has 0 aliphatic rings. The third kappa shape index (κ3) is 2.90. The molecule has 0 saturated heterocycles. The maximum absolute atomic E-state index is 11.5. The highest BCUT2D eigenvalue weighted by molar-refractivity contribution is 5.92. The minimum atomic E-state index is -0.207. The van der Waals surface area contributed by atoms with Crippen molar-refractivity contribution in [3.63, 3.8) is 0 Å². The molecule has 0 aliphatic heterocycles. The molecule has 0 fully saturated rings. The summed E-state index contributed by atoms with van der Waals surface area (Å²) in [4.78, 5) is 15.5. The molecule has 19 heavy (non-hydrogen) atoms. The molecular weight excluding hydrogens is 244 g/mol. The molecule has 2 N–H and O–H groups in total. The first-order valence-corrected chi connectivity index (χ1v) is 5.95. The van der Waals surface area contributed by atoms with Crippen LogP contribution >= 0.6 is 0 Å². The van der Waals surface area contributed by atoms with Gasteiger partial charge in [0.05, 0.1) is 5.69 Å². The Morgan fingerprint density at radius 3 is 2.84 bits per heavy atom. The number of aryl methyl sites for hydroxylation is 2. The minimum Gasteiger partial charge on any atom is -0.381 e. The number of nitrogens with zero attached hydrogens (tertiary/aromatic N) is 2. The second-order valence-corrected chi connectivity index (χ2v) is 4.17. The van der Waals surface area contributed by atoms with Gasteiger partial charge in [-0.25, -0.2) is 0 Å². The summed E-state index contributed by atoms with van der Waals surface area (Å²) >= 11 is 0. The fourth-order valence-corrected chi connectivity index (χ4v) is 1.74. The van der Waals surface area contributed by atoms with E-state index in [1.54, 1.807) is 19.3 Å². The maximum atomic E-state index is 11.5. The van der Waals surface area contributed by atoms with Gasteiger partial charge in [-0.1, -0.05) is 5.16 Å². The van der Waals surface area contributed by atoms with Gasteiger partial charge < -0.3 is 15.2 Å². The molecule has 100 valence electrons. The number of hydrogen-bond acceptors (Lipinski definition) is 5. The van der Waals surface area contributed by atoms with Crippen LogP contribution in [-0.4, -0.2) is 23.1 Å². The van der Waals surface area contributed by atoms with Gasteiger partial charge >= 0.3 is 0 Å². The van der Waals surface area contributed by atoms with Crippen molar-refractivity contribution >= 4 is 11.6 Å². The molecule has 6 nitrogen and oxygen atoms in total. The normalized spacial score (nSPS) is 10.3. The summed E-state index contributed by atoms with van der Waals surface area (Å²) in [6.07, 6.45) is 1.60. The van der Waals surface area contributed by atoms with E-state index in [1.165, 1.54) is 0 Å². The number of carbonyl (C=O) groups is 1. The molecule has 2 rings (SSSR count). The average Bonchev–Trinajstić information content (AvgIpc) is 2.75. The van der Waals surface area contributed by atoms with E-state index in [2.05, 4.69) is 20.8 Å². The summed E-state index contributed by atoms with van der Waals surface area (Å²) in [5.74, 6) is 0.589. The van der Waals surface area contributed by atoms with E-state index in [9.17, 15) is 4.79 Å². The summed E-state index contributed by atoms with van der Waals surface area (Å²) in [5.41, 5.74) is 3.10. The van der Waals surface area contributed by atoms with Gasteiger partial charge in [0.25, 0.3) is 5.91 Å². The first kappa shape index (κ1) is 13.1. The lowest BCUT2D eigenvalue weighted by atomic mass is 10.2. The first-order valence-electron chi connectivity index (χ1n) is 5.95. The standard InChI is InChI=1S/C13H16N4O2/c1-8-11(9(2)19-17-8)7-16-10-4-5-15-12(6-10)13(18)14-3/h4-6H,7H2,1-3H3,(H,14,18)(H,15,16). The Morgan fingerprint density at radius 2 is 2.21 bits per heavy atom. The summed E-state index contributed by atoms with van der Waals surface area (Å²) in [6, 6.07) is 3.52. The van der Waals surface area contributed by atoms with Crippen LogP contribution in [0, 0.1) is 13.8 Å². The van der Waals surface area contributed by atoms with Gasteiger partial charge in [0.15, 0.2) is 0 Å². The second-order valence-electron chi connectivity index (χ2n) is 4.17. The quantitative estimate of drug-likeness (QED) is 0.873. The van der Waals surface area contributed by atoms with Crippen LogP contribution in [0.25, 0.3) is 0 Å². The monoisotopic (exact) mass is 260 g/mol. The summed E-state index contributed by atoms with van der Waals surface area (Å²) in [7, 11) is 1.58. The Kier molecular flexibility index (Phi) is 3.79. The molecule has 0 aliphatic carbocycles. The van der Waals surface area contributed by atoms with Crippen molar-refractivity contribution in [3.05, 3.63) is 41.0 Å². The van der Waals surface area contributed by atoms with Crippen molar-refractivity contribution < 1.29 is 9.32 Å². The fourth-order valence-electron chi connectivity index (χ4n) is 1.74. The average molecular weight is 260 g/mol. The van der Waals surface area contributed by atoms with Crippen molar-refractivity contribution in [1.29, 1.82) is 0 Å². The van der Waals surface area contributed by atoms with Crippen LogP contribution in [0.3, 0.4) is 0 Å². The predicted molar refractivity (Wildman–Crippen MR) is 70.9 cm³/mol. The predicted octanol–water partition coefficient (Wildman–Crippen LogP) is 1.66. The molecule has 6 heteroatoms. The fraction of sp³-hybridized carbons (Fsp3) is 0.308. The number of rotatable bonds is 4. The highest BCUT2D eigenvalue weighted by Crippen LogP contribution is 2.15. The van der Waals surface area contributed by atoms with E-state index in [0.29, 0.717) is 12.2 Å². The Morgan fingerprint density at radius 1 is 1.42 bits per heavy atom. The van der Waals surface area contributed by atoms with Gasteiger partial charge in [0, 0.05) is 31.0 Å². The van der Waals surface area contributed by atoms with E-state index < -0.39 is 0 Å². The first-order chi connectivity index (χ1) is 9.11. The van der Waals surface area contributed by atoms with Gasteiger partial charge in [-0.05, 0) is 26.0 Å². The van der Waals surface area contributed by atoms with E-state index in [-0.39, 0.29) is 5.91 Å². The van der Waals surface area contributed by atoms with Crippen LogP contribution in [0.2, 0.25) is 0 Å². The lowest BCUT2D eigenvalue weighted by Crippen LogP contribution is -2.19. The third-order valence-corrected chi connectivity index (χ3v) is 2.87. The van der Waals surface area contributed by atoms with Crippen LogP contribution in [0.1, 0.15) is 27.5 Å². The highest BCUT2D eigenvalue weighted by Gasteiger charge is 2.09. The van der Waals surface area contributed by atoms with Crippen molar-refractivity contribution in [2.24, 2.45) is 0 Å². The molecule has 0 radical (unpaired) electrons. The number of hydrogen-bond donors (Lipinski definition) is 2. The van der Waals surface area contributed by atoms with Gasteiger partial charge in [-0.3, -0.25) is 9.78 Å². The number of amides is 1. The van der Waals surface area contributed by atoms with Crippen molar-refractivity contribution in [2.75, 3.05) is 12.4 Å². The minimum absolute atomic E-state index is 0.207. The molecule has 0 aromatic carbocycles. The van der Waals surface area contributed by atoms with Crippen LogP contribution < -0.4 is 10.6 Å². The molecule has 0 spiro atoms. The van der Waals surface area contributed by atoms with Crippen LogP contribution in [0.5, 0.6) is 0 Å². The molecule has 0 unspecified atom stereocenters. The molecule has 2 heterocycles. The largest absolute Gasteiger partial charge is 0.381 e. The Bertz CT molecular complexity index is 573. The van der Waals surface area contributed by atoms with Crippen LogP contribution in [0.4, 0.5) is 5.69 Å². The highest BCUT2D eigenvalue weighted by atomic mass is 16.5. The second kappa shape index (κ2) is 5.51. The van der Waals surface area contributed by atoms with Gasteiger partial charge in [-0.2, -0.15) is 0 Å². The van der Waals surface area contributed by atoms with Gasteiger partial charge in [0.1, 0.15) is 11.5 Å². The molecule has 1 amide bonds. The molecule has 0 bridgehead atoms. The number of pyridine rings is 1. The smallest absolute Gasteiger partial charge is 0.269 e. The van der Waals surface area contributed by atoms with Crippen LogP contribution in [0.15, 0.2) is 22.9 Å².